The Bertz CT molecular complexity index is 1200. The van der Waals surface area contributed by atoms with Gasteiger partial charge in [-0.15, -0.1) is 21.5 Å². The van der Waals surface area contributed by atoms with Crippen molar-refractivity contribution in [3.8, 4) is 11.4 Å². The number of methoxy groups -OCH3 is 1. The second-order valence-electron chi connectivity index (χ2n) is 7.64. The van der Waals surface area contributed by atoms with E-state index in [1.807, 2.05) is 45.9 Å². The number of para-hydroxylation sites is 3. The number of rotatable bonds is 6. The largest absolute Gasteiger partial charge is 0.495 e. The average Bonchev–Trinajstić information content (AvgIpc) is 3.49. The highest BCUT2D eigenvalue weighted by atomic mass is 32.2. The number of hydrogen-bond acceptors (Lipinski definition) is 7. The number of fused-ring (bicyclic) bond motifs is 1. The van der Waals surface area contributed by atoms with Crippen LogP contribution in [0.2, 0.25) is 0 Å². The van der Waals surface area contributed by atoms with E-state index in [0.29, 0.717) is 16.8 Å². The molecule has 1 saturated heterocycles. The summed E-state index contributed by atoms with van der Waals surface area (Å²) in [7, 11) is 1.64. The Morgan fingerprint density at radius 3 is 2.94 bits per heavy atom. The van der Waals surface area contributed by atoms with Crippen molar-refractivity contribution in [3.63, 3.8) is 0 Å². The topological polar surface area (TPSA) is 73.1 Å². The van der Waals surface area contributed by atoms with Crippen molar-refractivity contribution >= 4 is 39.2 Å². The molecule has 0 saturated carbocycles. The fourth-order valence-electron chi connectivity index (χ4n) is 4.00. The van der Waals surface area contributed by atoms with E-state index in [2.05, 4.69) is 22.3 Å². The van der Waals surface area contributed by atoms with Crippen LogP contribution in [0.15, 0.2) is 60.0 Å². The van der Waals surface area contributed by atoms with Crippen LogP contribution in [0.3, 0.4) is 0 Å². The number of ether oxygens (including phenoxy) is 1. The van der Waals surface area contributed by atoms with E-state index in [1.165, 1.54) is 16.5 Å². The first kappa shape index (κ1) is 21.0. The van der Waals surface area contributed by atoms with E-state index in [-0.39, 0.29) is 5.91 Å². The number of thiazole rings is 1. The molecule has 7 nitrogen and oxygen atoms in total. The van der Waals surface area contributed by atoms with Crippen LogP contribution in [0.5, 0.6) is 5.75 Å². The zero-order chi connectivity index (χ0) is 21.9. The van der Waals surface area contributed by atoms with Crippen molar-refractivity contribution in [3.05, 3.63) is 59.9 Å². The Balaban J connectivity index is 1.25. The van der Waals surface area contributed by atoms with E-state index in [1.54, 1.807) is 24.8 Å². The molecule has 164 valence electrons. The van der Waals surface area contributed by atoms with E-state index in [0.717, 1.165) is 47.9 Å². The SMILES string of the molecule is COc1ccccc1-n1cnnc1SCC(=O)N1CCC[C@H](c2nc3ccccc3s2)C1. The summed E-state index contributed by atoms with van der Waals surface area (Å²) in [5.41, 5.74) is 1.89. The maximum atomic E-state index is 13.0. The average molecular weight is 466 g/mol. The molecule has 1 amide bonds. The molecule has 2 aromatic heterocycles. The highest BCUT2D eigenvalue weighted by Crippen LogP contribution is 2.33. The lowest BCUT2D eigenvalue weighted by molar-refractivity contribution is -0.129. The van der Waals surface area contributed by atoms with Crippen molar-refractivity contribution in [1.29, 1.82) is 0 Å². The van der Waals surface area contributed by atoms with Crippen molar-refractivity contribution < 1.29 is 9.53 Å². The molecule has 1 atom stereocenters. The Morgan fingerprint density at radius 1 is 1.22 bits per heavy atom. The van der Waals surface area contributed by atoms with Gasteiger partial charge in [0.05, 0.1) is 33.8 Å². The van der Waals surface area contributed by atoms with Crippen molar-refractivity contribution in [1.82, 2.24) is 24.6 Å². The number of piperidine rings is 1. The number of thioether (sulfide) groups is 1. The molecule has 0 radical (unpaired) electrons. The van der Waals surface area contributed by atoms with E-state index in [4.69, 9.17) is 9.72 Å². The fraction of sp³-hybridized carbons (Fsp3) is 0.304. The molecule has 3 heterocycles. The van der Waals surface area contributed by atoms with Crippen LogP contribution in [0.1, 0.15) is 23.8 Å². The van der Waals surface area contributed by atoms with Gasteiger partial charge in [-0.2, -0.15) is 0 Å². The first-order valence-electron chi connectivity index (χ1n) is 10.5. The summed E-state index contributed by atoms with van der Waals surface area (Å²) in [5.74, 6) is 1.47. The van der Waals surface area contributed by atoms with Gasteiger partial charge in [0.1, 0.15) is 12.1 Å². The molecule has 0 N–H and O–H groups in total. The number of amides is 1. The lowest BCUT2D eigenvalue weighted by Crippen LogP contribution is -2.40. The monoisotopic (exact) mass is 465 g/mol. The number of carbonyl (C=O) groups is 1. The quantitative estimate of drug-likeness (QED) is 0.394. The van der Waals surface area contributed by atoms with Gasteiger partial charge in [-0.25, -0.2) is 4.98 Å². The van der Waals surface area contributed by atoms with Gasteiger partial charge in [-0.1, -0.05) is 36.0 Å². The van der Waals surface area contributed by atoms with Crippen molar-refractivity contribution in [2.45, 2.75) is 23.9 Å². The third-order valence-corrected chi connectivity index (χ3v) is 7.75. The second-order valence-corrected chi connectivity index (χ2v) is 9.65. The van der Waals surface area contributed by atoms with Gasteiger partial charge in [0, 0.05) is 19.0 Å². The number of carbonyl (C=O) groups excluding carboxylic acids is 1. The van der Waals surface area contributed by atoms with Crippen LogP contribution in [0, 0.1) is 0 Å². The van der Waals surface area contributed by atoms with Gasteiger partial charge in [0.25, 0.3) is 0 Å². The molecule has 5 rings (SSSR count). The molecular weight excluding hydrogens is 442 g/mol. The minimum atomic E-state index is 0.121. The third kappa shape index (κ3) is 4.22. The number of likely N-dealkylation sites (tertiary alicyclic amines) is 1. The number of hydrogen-bond donors (Lipinski definition) is 0. The first-order valence-corrected chi connectivity index (χ1v) is 12.3. The number of benzene rings is 2. The molecule has 0 unspecified atom stereocenters. The summed E-state index contributed by atoms with van der Waals surface area (Å²) in [6.07, 6.45) is 3.71. The summed E-state index contributed by atoms with van der Waals surface area (Å²) in [4.78, 5) is 19.8. The lowest BCUT2D eigenvalue weighted by atomic mass is 9.99. The molecule has 0 bridgehead atoms. The Morgan fingerprint density at radius 2 is 2.06 bits per heavy atom. The fourth-order valence-corrected chi connectivity index (χ4v) is 5.92. The highest BCUT2D eigenvalue weighted by molar-refractivity contribution is 7.99. The van der Waals surface area contributed by atoms with Crippen LogP contribution >= 0.6 is 23.1 Å². The van der Waals surface area contributed by atoms with E-state index >= 15 is 0 Å². The second kappa shape index (κ2) is 9.30. The van der Waals surface area contributed by atoms with Crippen LogP contribution in [-0.4, -0.2) is 56.5 Å². The summed E-state index contributed by atoms with van der Waals surface area (Å²) < 4.78 is 8.52. The minimum Gasteiger partial charge on any atom is -0.495 e. The Labute approximate surface area is 194 Å². The molecule has 1 fully saturated rings. The van der Waals surface area contributed by atoms with Gasteiger partial charge >= 0.3 is 0 Å². The molecular formula is C23H23N5O2S2. The summed E-state index contributed by atoms with van der Waals surface area (Å²) in [6.45, 7) is 1.51. The van der Waals surface area contributed by atoms with Crippen molar-refractivity contribution in [2.24, 2.45) is 0 Å². The third-order valence-electron chi connectivity index (χ3n) is 5.62. The zero-order valence-corrected chi connectivity index (χ0v) is 19.3. The first-order chi connectivity index (χ1) is 15.7. The molecule has 4 aromatic rings. The van der Waals surface area contributed by atoms with E-state index in [9.17, 15) is 4.79 Å². The van der Waals surface area contributed by atoms with Gasteiger partial charge in [0.2, 0.25) is 5.91 Å². The molecule has 0 spiro atoms. The predicted molar refractivity (Wildman–Crippen MR) is 127 cm³/mol. The highest BCUT2D eigenvalue weighted by Gasteiger charge is 2.27. The molecule has 32 heavy (non-hydrogen) atoms. The number of nitrogens with zero attached hydrogens (tertiary/aromatic N) is 5. The molecule has 0 aliphatic carbocycles. The molecule has 1 aliphatic heterocycles. The van der Waals surface area contributed by atoms with Gasteiger partial charge in [-0.05, 0) is 37.1 Å². The predicted octanol–water partition coefficient (Wildman–Crippen LogP) is 4.38. The Kier molecular flexibility index (Phi) is 6.09. The Hall–Kier alpha value is -2.91. The summed E-state index contributed by atoms with van der Waals surface area (Å²) in [6, 6.07) is 15.9. The minimum absolute atomic E-state index is 0.121. The number of aromatic nitrogens is 4. The maximum absolute atomic E-state index is 13.0. The van der Waals surface area contributed by atoms with E-state index < -0.39 is 0 Å². The summed E-state index contributed by atoms with van der Waals surface area (Å²) >= 11 is 3.14. The van der Waals surface area contributed by atoms with Crippen molar-refractivity contribution in [2.75, 3.05) is 26.0 Å². The molecule has 2 aromatic carbocycles. The smallest absolute Gasteiger partial charge is 0.233 e. The standard InChI is InChI=1S/C23H23N5O2S2/c1-30-19-10-4-3-9-18(19)28-15-24-26-23(28)31-14-21(29)27-12-6-7-16(13-27)22-25-17-8-2-5-11-20(17)32-22/h2-5,8-11,15-16H,6-7,12-14H2,1H3/t16-/m0/s1. The zero-order valence-electron chi connectivity index (χ0n) is 17.7. The normalized spacial score (nSPS) is 16.4. The van der Waals surface area contributed by atoms with Crippen LogP contribution < -0.4 is 4.74 Å². The van der Waals surface area contributed by atoms with Crippen LogP contribution in [-0.2, 0) is 4.79 Å². The van der Waals surface area contributed by atoms with Gasteiger partial charge < -0.3 is 9.64 Å². The lowest BCUT2D eigenvalue weighted by Gasteiger charge is -2.31. The van der Waals surface area contributed by atoms with Crippen LogP contribution in [0.4, 0.5) is 0 Å². The van der Waals surface area contributed by atoms with Gasteiger partial charge in [-0.3, -0.25) is 9.36 Å². The molecule has 9 heteroatoms. The summed E-state index contributed by atoms with van der Waals surface area (Å²) in [5, 5.41) is 10.1. The maximum Gasteiger partial charge on any atom is 0.233 e. The van der Waals surface area contributed by atoms with Crippen LogP contribution in [0.25, 0.3) is 15.9 Å². The van der Waals surface area contributed by atoms with Gasteiger partial charge in [0.15, 0.2) is 5.16 Å². The molecule has 1 aliphatic rings.